The van der Waals surface area contributed by atoms with Crippen LogP contribution < -0.4 is 14.8 Å². The van der Waals surface area contributed by atoms with Crippen LogP contribution in [0.4, 0.5) is 0 Å². The SMILES string of the molecule is CCOc1ccc(CC(=O)NCC2Cc3ccccc3O2)cc1. The van der Waals surface area contributed by atoms with Gasteiger partial charge in [-0.15, -0.1) is 0 Å². The van der Waals surface area contributed by atoms with Crippen LogP contribution >= 0.6 is 0 Å². The van der Waals surface area contributed by atoms with E-state index in [1.54, 1.807) is 0 Å². The molecule has 120 valence electrons. The van der Waals surface area contributed by atoms with E-state index in [4.69, 9.17) is 9.47 Å². The van der Waals surface area contributed by atoms with Gasteiger partial charge < -0.3 is 14.8 Å². The lowest BCUT2D eigenvalue weighted by molar-refractivity contribution is -0.120. The molecule has 1 atom stereocenters. The molecule has 4 heteroatoms. The van der Waals surface area contributed by atoms with Gasteiger partial charge in [-0.05, 0) is 36.2 Å². The van der Waals surface area contributed by atoms with Crippen molar-refractivity contribution in [3.05, 3.63) is 59.7 Å². The van der Waals surface area contributed by atoms with Crippen molar-refractivity contribution in [2.24, 2.45) is 0 Å². The first-order valence-corrected chi connectivity index (χ1v) is 7.97. The highest BCUT2D eigenvalue weighted by molar-refractivity contribution is 5.78. The van der Waals surface area contributed by atoms with Crippen LogP contribution in [0.15, 0.2) is 48.5 Å². The molecule has 0 radical (unpaired) electrons. The summed E-state index contributed by atoms with van der Waals surface area (Å²) in [5.74, 6) is 1.76. The van der Waals surface area contributed by atoms with Crippen molar-refractivity contribution in [2.75, 3.05) is 13.2 Å². The molecule has 1 amide bonds. The van der Waals surface area contributed by atoms with E-state index >= 15 is 0 Å². The number of nitrogens with one attached hydrogen (secondary N) is 1. The number of benzene rings is 2. The lowest BCUT2D eigenvalue weighted by Gasteiger charge is -2.12. The fourth-order valence-electron chi connectivity index (χ4n) is 2.71. The van der Waals surface area contributed by atoms with Gasteiger partial charge in [0.2, 0.25) is 5.91 Å². The Labute approximate surface area is 136 Å². The molecule has 3 rings (SSSR count). The fourth-order valence-corrected chi connectivity index (χ4v) is 2.71. The first kappa shape index (κ1) is 15.4. The number of para-hydroxylation sites is 1. The molecule has 0 bridgehead atoms. The van der Waals surface area contributed by atoms with E-state index in [2.05, 4.69) is 11.4 Å². The van der Waals surface area contributed by atoms with Gasteiger partial charge in [0, 0.05) is 6.42 Å². The van der Waals surface area contributed by atoms with E-state index in [-0.39, 0.29) is 12.0 Å². The van der Waals surface area contributed by atoms with Gasteiger partial charge in [-0.3, -0.25) is 4.79 Å². The van der Waals surface area contributed by atoms with Gasteiger partial charge in [0.1, 0.15) is 17.6 Å². The van der Waals surface area contributed by atoms with Crippen molar-refractivity contribution in [3.8, 4) is 11.5 Å². The summed E-state index contributed by atoms with van der Waals surface area (Å²) in [6.07, 6.45) is 1.24. The highest BCUT2D eigenvalue weighted by atomic mass is 16.5. The summed E-state index contributed by atoms with van der Waals surface area (Å²) in [5, 5.41) is 2.95. The smallest absolute Gasteiger partial charge is 0.224 e. The maximum absolute atomic E-state index is 12.1. The Hall–Kier alpha value is -2.49. The van der Waals surface area contributed by atoms with E-state index in [9.17, 15) is 4.79 Å². The Morgan fingerprint density at radius 3 is 2.74 bits per heavy atom. The summed E-state index contributed by atoms with van der Waals surface area (Å²) >= 11 is 0. The van der Waals surface area contributed by atoms with Crippen LogP contribution in [-0.4, -0.2) is 25.2 Å². The third-order valence-electron chi connectivity index (χ3n) is 3.84. The molecule has 0 saturated heterocycles. The minimum Gasteiger partial charge on any atom is -0.494 e. The Bertz CT molecular complexity index is 642. The second kappa shape index (κ2) is 7.18. The molecule has 4 nitrogen and oxygen atoms in total. The Balaban J connectivity index is 1.45. The third kappa shape index (κ3) is 4.03. The van der Waals surface area contributed by atoms with Crippen molar-refractivity contribution in [3.63, 3.8) is 0 Å². The van der Waals surface area contributed by atoms with Gasteiger partial charge in [-0.1, -0.05) is 30.3 Å². The van der Waals surface area contributed by atoms with Gasteiger partial charge in [-0.2, -0.15) is 0 Å². The topological polar surface area (TPSA) is 47.6 Å². The second-order valence-electron chi connectivity index (χ2n) is 5.61. The molecule has 0 aliphatic carbocycles. The first-order valence-electron chi connectivity index (χ1n) is 7.97. The van der Waals surface area contributed by atoms with Gasteiger partial charge in [-0.25, -0.2) is 0 Å². The van der Waals surface area contributed by atoms with E-state index in [1.807, 2.05) is 49.4 Å². The minimum absolute atomic E-state index is 0.00807. The second-order valence-corrected chi connectivity index (χ2v) is 5.61. The summed E-state index contributed by atoms with van der Waals surface area (Å²) < 4.78 is 11.2. The zero-order valence-corrected chi connectivity index (χ0v) is 13.2. The van der Waals surface area contributed by atoms with Crippen LogP contribution in [0.25, 0.3) is 0 Å². The number of ether oxygens (including phenoxy) is 2. The van der Waals surface area contributed by atoms with Crippen molar-refractivity contribution >= 4 is 5.91 Å². The van der Waals surface area contributed by atoms with Gasteiger partial charge in [0.05, 0.1) is 19.6 Å². The lowest BCUT2D eigenvalue weighted by atomic mass is 10.1. The molecule has 1 aliphatic heterocycles. The molecule has 0 fully saturated rings. The predicted molar refractivity (Wildman–Crippen MR) is 88.9 cm³/mol. The molecule has 1 aliphatic rings. The molecule has 1 unspecified atom stereocenters. The van der Waals surface area contributed by atoms with Crippen molar-refractivity contribution in [2.45, 2.75) is 25.9 Å². The maximum Gasteiger partial charge on any atom is 0.224 e. The van der Waals surface area contributed by atoms with E-state index < -0.39 is 0 Å². The molecular formula is C19H21NO3. The average molecular weight is 311 g/mol. The average Bonchev–Trinajstić information content (AvgIpc) is 2.98. The molecular weight excluding hydrogens is 290 g/mol. The normalized spacial score (nSPS) is 15.6. The third-order valence-corrected chi connectivity index (χ3v) is 3.84. The van der Waals surface area contributed by atoms with E-state index in [1.165, 1.54) is 5.56 Å². The molecule has 1 heterocycles. The fraction of sp³-hybridized carbons (Fsp3) is 0.316. The molecule has 0 saturated carbocycles. The summed E-state index contributed by atoms with van der Waals surface area (Å²) in [5.41, 5.74) is 2.18. The Kier molecular flexibility index (Phi) is 4.81. The van der Waals surface area contributed by atoms with E-state index in [0.29, 0.717) is 19.6 Å². The highest BCUT2D eigenvalue weighted by Crippen LogP contribution is 2.27. The lowest BCUT2D eigenvalue weighted by Crippen LogP contribution is -2.35. The van der Waals surface area contributed by atoms with Crippen LogP contribution in [0.3, 0.4) is 0 Å². The van der Waals surface area contributed by atoms with Crippen molar-refractivity contribution in [1.82, 2.24) is 5.32 Å². The number of carbonyl (C=O) groups excluding carboxylic acids is 1. The number of fused-ring (bicyclic) bond motifs is 1. The summed E-state index contributed by atoms with van der Waals surface area (Å²) in [6.45, 7) is 3.12. The Morgan fingerprint density at radius 2 is 2.00 bits per heavy atom. The molecule has 2 aromatic carbocycles. The molecule has 0 spiro atoms. The van der Waals surface area contributed by atoms with Crippen molar-refractivity contribution in [1.29, 1.82) is 0 Å². The van der Waals surface area contributed by atoms with Crippen LogP contribution in [0.2, 0.25) is 0 Å². The van der Waals surface area contributed by atoms with Crippen LogP contribution in [0, 0.1) is 0 Å². The maximum atomic E-state index is 12.1. The van der Waals surface area contributed by atoms with Gasteiger partial charge >= 0.3 is 0 Å². The highest BCUT2D eigenvalue weighted by Gasteiger charge is 2.22. The van der Waals surface area contributed by atoms with Crippen molar-refractivity contribution < 1.29 is 14.3 Å². The van der Waals surface area contributed by atoms with Gasteiger partial charge in [0.15, 0.2) is 0 Å². The zero-order chi connectivity index (χ0) is 16.1. The number of rotatable bonds is 6. The van der Waals surface area contributed by atoms with Crippen LogP contribution in [-0.2, 0) is 17.6 Å². The molecule has 0 aromatic heterocycles. The number of hydrogen-bond donors (Lipinski definition) is 1. The molecule has 1 N–H and O–H groups in total. The van der Waals surface area contributed by atoms with E-state index in [0.717, 1.165) is 23.5 Å². The molecule has 2 aromatic rings. The Morgan fingerprint density at radius 1 is 1.22 bits per heavy atom. The minimum atomic E-state index is 0.00807. The van der Waals surface area contributed by atoms with Crippen LogP contribution in [0.1, 0.15) is 18.1 Å². The summed E-state index contributed by atoms with van der Waals surface area (Å²) in [4.78, 5) is 12.1. The largest absolute Gasteiger partial charge is 0.494 e. The van der Waals surface area contributed by atoms with Crippen LogP contribution in [0.5, 0.6) is 11.5 Å². The molecule has 23 heavy (non-hydrogen) atoms. The summed E-state index contributed by atoms with van der Waals surface area (Å²) in [7, 11) is 0. The number of hydrogen-bond acceptors (Lipinski definition) is 3. The quantitative estimate of drug-likeness (QED) is 0.892. The van der Waals surface area contributed by atoms with Gasteiger partial charge in [0.25, 0.3) is 0 Å². The predicted octanol–water partition coefficient (Wildman–Crippen LogP) is 2.75. The summed E-state index contributed by atoms with van der Waals surface area (Å²) in [6, 6.07) is 15.6. The number of carbonyl (C=O) groups is 1. The number of amides is 1. The standard InChI is InChI=1S/C19H21NO3/c1-2-22-16-9-7-14(8-10-16)11-19(21)20-13-17-12-15-5-3-4-6-18(15)23-17/h3-10,17H,2,11-13H2,1H3,(H,20,21). The monoisotopic (exact) mass is 311 g/mol. The first-order chi connectivity index (χ1) is 11.2. The zero-order valence-electron chi connectivity index (χ0n) is 13.2.